The van der Waals surface area contributed by atoms with Gasteiger partial charge in [-0.2, -0.15) is 0 Å². The summed E-state index contributed by atoms with van der Waals surface area (Å²) in [4.78, 5) is 16.7. The molecule has 1 amide bonds. The normalized spacial score (nSPS) is 23.1. The van der Waals surface area contributed by atoms with Crippen LogP contribution < -0.4 is 10.2 Å². The van der Waals surface area contributed by atoms with E-state index in [1.165, 1.54) is 5.69 Å². The Morgan fingerprint density at radius 2 is 1.85 bits per heavy atom. The molecule has 2 fully saturated rings. The van der Waals surface area contributed by atoms with Crippen molar-refractivity contribution in [3.63, 3.8) is 0 Å². The first-order valence-electron chi connectivity index (χ1n) is 7.24. The van der Waals surface area contributed by atoms with Crippen molar-refractivity contribution in [3.8, 4) is 0 Å². The van der Waals surface area contributed by atoms with Crippen LogP contribution in [0.1, 0.15) is 6.42 Å². The standard InChI is InChI=1S/C15H20ClN3O/c16-13-1-3-14(4-2-13)18-7-9-19(10-8-18)15(20)12-5-6-17-11-12/h1-4,12,17H,5-11H2. The van der Waals surface area contributed by atoms with E-state index in [2.05, 4.69) is 10.2 Å². The van der Waals surface area contributed by atoms with Crippen LogP contribution in [0.15, 0.2) is 24.3 Å². The third kappa shape index (κ3) is 2.91. The van der Waals surface area contributed by atoms with E-state index in [1.54, 1.807) is 0 Å². The molecule has 0 radical (unpaired) electrons. The molecule has 108 valence electrons. The Bertz CT molecular complexity index is 463. The average Bonchev–Trinajstić information content (AvgIpc) is 3.02. The van der Waals surface area contributed by atoms with Crippen LogP contribution >= 0.6 is 11.6 Å². The molecule has 2 aliphatic rings. The number of nitrogens with one attached hydrogen (secondary N) is 1. The van der Waals surface area contributed by atoms with Gasteiger partial charge >= 0.3 is 0 Å². The molecule has 2 heterocycles. The highest BCUT2D eigenvalue weighted by molar-refractivity contribution is 6.30. The number of carbonyl (C=O) groups excluding carboxylic acids is 1. The predicted octanol–water partition coefficient (Wildman–Crippen LogP) is 1.60. The number of amides is 1. The highest BCUT2D eigenvalue weighted by Gasteiger charge is 2.29. The lowest BCUT2D eigenvalue weighted by Gasteiger charge is -2.37. The Labute approximate surface area is 124 Å². The molecule has 1 N–H and O–H groups in total. The van der Waals surface area contributed by atoms with Crippen LogP contribution in [0, 0.1) is 5.92 Å². The summed E-state index contributed by atoms with van der Waals surface area (Å²) in [5, 5.41) is 4.02. The first-order chi connectivity index (χ1) is 9.74. The zero-order chi connectivity index (χ0) is 13.9. The van der Waals surface area contributed by atoms with Gasteiger partial charge in [-0.1, -0.05) is 11.6 Å². The largest absolute Gasteiger partial charge is 0.368 e. The van der Waals surface area contributed by atoms with Gasteiger partial charge in [0.2, 0.25) is 5.91 Å². The molecule has 2 aliphatic heterocycles. The molecule has 0 spiro atoms. The summed E-state index contributed by atoms with van der Waals surface area (Å²) in [5.41, 5.74) is 1.18. The number of nitrogens with zero attached hydrogens (tertiary/aromatic N) is 2. The van der Waals surface area contributed by atoms with Gasteiger partial charge in [0.25, 0.3) is 0 Å². The SMILES string of the molecule is O=C(C1CCNC1)N1CCN(c2ccc(Cl)cc2)CC1. The van der Waals surface area contributed by atoms with Crippen molar-refractivity contribution >= 4 is 23.2 Å². The molecule has 5 heteroatoms. The second kappa shape index (κ2) is 6.02. The number of hydrogen-bond donors (Lipinski definition) is 1. The molecule has 0 aromatic heterocycles. The number of carbonyl (C=O) groups is 1. The third-order valence-electron chi connectivity index (χ3n) is 4.19. The average molecular weight is 294 g/mol. The summed E-state index contributed by atoms with van der Waals surface area (Å²) < 4.78 is 0. The van der Waals surface area contributed by atoms with E-state index in [-0.39, 0.29) is 5.92 Å². The van der Waals surface area contributed by atoms with Gasteiger partial charge in [-0.25, -0.2) is 0 Å². The van der Waals surface area contributed by atoms with Crippen LogP contribution in [0.25, 0.3) is 0 Å². The van der Waals surface area contributed by atoms with Gasteiger partial charge in [-0.05, 0) is 37.2 Å². The van der Waals surface area contributed by atoms with Crippen molar-refractivity contribution in [2.75, 3.05) is 44.2 Å². The number of halogens is 1. The van der Waals surface area contributed by atoms with E-state index >= 15 is 0 Å². The summed E-state index contributed by atoms with van der Waals surface area (Å²) in [6.45, 7) is 5.24. The van der Waals surface area contributed by atoms with E-state index in [0.717, 1.165) is 50.7 Å². The Balaban J connectivity index is 1.56. The minimum atomic E-state index is 0.192. The van der Waals surface area contributed by atoms with E-state index in [1.807, 2.05) is 29.2 Å². The fraction of sp³-hybridized carbons (Fsp3) is 0.533. The van der Waals surface area contributed by atoms with Crippen LogP contribution in [0.3, 0.4) is 0 Å². The fourth-order valence-corrected chi connectivity index (χ4v) is 3.09. The van der Waals surface area contributed by atoms with Crippen molar-refractivity contribution in [2.45, 2.75) is 6.42 Å². The summed E-state index contributed by atoms with van der Waals surface area (Å²) in [5.74, 6) is 0.517. The van der Waals surface area contributed by atoms with Gasteiger partial charge in [0, 0.05) is 43.4 Å². The van der Waals surface area contributed by atoms with Gasteiger partial charge < -0.3 is 15.1 Å². The minimum absolute atomic E-state index is 0.192. The number of benzene rings is 1. The lowest BCUT2D eigenvalue weighted by molar-refractivity contribution is -0.135. The molecule has 3 rings (SSSR count). The Morgan fingerprint density at radius 3 is 2.45 bits per heavy atom. The maximum atomic E-state index is 12.3. The van der Waals surface area contributed by atoms with Gasteiger partial charge in [-0.15, -0.1) is 0 Å². The molecular formula is C15H20ClN3O. The fourth-order valence-electron chi connectivity index (χ4n) is 2.96. The molecule has 0 bridgehead atoms. The second-order valence-corrected chi connectivity index (χ2v) is 5.91. The van der Waals surface area contributed by atoms with Crippen molar-refractivity contribution in [1.29, 1.82) is 0 Å². The first-order valence-corrected chi connectivity index (χ1v) is 7.62. The van der Waals surface area contributed by atoms with Gasteiger partial charge in [-0.3, -0.25) is 4.79 Å². The molecular weight excluding hydrogens is 274 g/mol. The number of rotatable bonds is 2. The van der Waals surface area contributed by atoms with E-state index < -0.39 is 0 Å². The molecule has 20 heavy (non-hydrogen) atoms. The highest BCUT2D eigenvalue weighted by Crippen LogP contribution is 2.20. The summed E-state index contributed by atoms with van der Waals surface area (Å²) in [7, 11) is 0. The van der Waals surface area contributed by atoms with Gasteiger partial charge in [0.15, 0.2) is 0 Å². The second-order valence-electron chi connectivity index (χ2n) is 5.48. The van der Waals surface area contributed by atoms with Gasteiger partial charge in [0.05, 0.1) is 5.92 Å². The third-order valence-corrected chi connectivity index (χ3v) is 4.44. The molecule has 1 aromatic rings. The van der Waals surface area contributed by atoms with E-state index in [0.29, 0.717) is 5.91 Å². The summed E-state index contributed by atoms with van der Waals surface area (Å²) >= 11 is 5.91. The maximum absolute atomic E-state index is 12.3. The van der Waals surface area contributed by atoms with E-state index in [4.69, 9.17) is 11.6 Å². The van der Waals surface area contributed by atoms with Crippen LogP contribution in [-0.4, -0.2) is 50.1 Å². The molecule has 1 aromatic carbocycles. The summed E-state index contributed by atoms with van der Waals surface area (Å²) in [6.07, 6.45) is 0.982. The zero-order valence-electron chi connectivity index (χ0n) is 11.5. The first kappa shape index (κ1) is 13.7. The lowest BCUT2D eigenvalue weighted by atomic mass is 10.1. The van der Waals surface area contributed by atoms with Crippen molar-refractivity contribution in [1.82, 2.24) is 10.2 Å². The van der Waals surface area contributed by atoms with Crippen LogP contribution in [0.2, 0.25) is 5.02 Å². The highest BCUT2D eigenvalue weighted by atomic mass is 35.5. The number of piperazine rings is 1. The van der Waals surface area contributed by atoms with Crippen molar-refractivity contribution < 1.29 is 4.79 Å². The Kier molecular flexibility index (Phi) is 4.13. The van der Waals surface area contributed by atoms with Crippen molar-refractivity contribution in [2.24, 2.45) is 5.92 Å². The minimum Gasteiger partial charge on any atom is -0.368 e. The van der Waals surface area contributed by atoms with Crippen LogP contribution in [0.5, 0.6) is 0 Å². The Hall–Kier alpha value is -1.26. The molecule has 1 atom stereocenters. The molecule has 2 saturated heterocycles. The molecule has 4 nitrogen and oxygen atoms in total. The summed E-state index contributed by atoms with van der Waals surface area (Å²) in [6, 6.07) is 7.92. The topological polar surface area (TPSA) is 35.6 Å². The monoisotopic (exact) mass is 293 g/mol. The quantitative estimate of drug-likeness (QED) is 0.900. The molecule has 0 aliphatic carbocycles. The van der Waals surface area contributed by atoms with Gasteiger partial charge in [0.1, 0.15) is 0 Å². The van der Waals surface area contributed by atoms with E-state index in [9.17, 15) is 4.79 Å². The number of hydrogen-bond acceptors (Lipinski definition) is 3. The van der Waals surface area contributed by atoms with Crippen molar-refractivity contribution in [3.05, 3.63) is 29.3 Å². The predicted molar refractivity (Wildman–Crippen MR) is 81.2 cm³/mol. The maximum Gasteiger partial charge on any atom is 0.227 e. The lowest BCUT2D eigenvalue weighted by Crippen LogP contribution is -2.50. The Morgan fingerprint density at radius 1 is 1.15 bits per heavy atom. The smallest absolute Gasteiger partial charge is 0.227 e. The van der Waals surface area contributed by atoms with Crippen LogP contribution in [0.4, 0.5) is 5.69 Å². The van der Waals surface area contributed by atoms with Crippen LogP contribution in [-0.2, 0) is 4.79 Å². The zero-order valence-corrected chi connectivity index (χ0v) is 12.3. The molecule has 0 saturated carbocycles. The number of anilines is 1. The molecule has 1 unspecified atom stereocenters.